The van der Waals surface area contributed by atoms with Crippen LogP contribution < -0.4 is 10.6 Å². The Morgan fingerprint density at radius 2 is 2.00 bits per heavy atom. The second-order valence-electron chi connectivity index (χ2n) is 5.28. The summed E-state index contributed by atoms with van der Waals surface area (Å²) >= 11 is 1.77. The molecular formula is C15H20N2O3S. The number of nitrogens with one attached hydrogen (secondary N) is 2. The minimum atomic E-state index is -0.938. The molecule has 2 amide bonds. The largest absolute Gasteiger partial charge is 0.481 e. The first-order valence-electron chi connectivity index (χ1n) is 6.91. The monoisotopic (exact) mass is 308 g/mol. The van der Waals surface area contributed by atoms with Gasteiger partial charge < -0.3 is 15.7 Å². The molecule has 2 rings (SSSR count). The van der Waals surface area contributed by atoms with Crippen molar-refractivity contribution in [1.29, 1.82) is 0 Å². The van der Waals surface area contributed by atoms with E-state index in [4.69, 9.17) is 5.11 Å². The van der Waals surface area contributed by atoms with Crippen molar-refractivity contribution >= 4 is 23.8 Å². The number of rotatable bonds is 7. The number of benzene rings is 1. The second-order valence-corrected chi connectivity index (χ2v) is 6.55. The van der Waals surface area contributed by atoms with Crippen LogP contribution in [0.15, 0.2) is 30.3 Å². The van der Waals surface area contributed by atoms with Crippen LogP contribution in [-0.4, -0.2) is 34.7 Å². The molecule has 1 atom stereocenters. The summed E-state index contributed by atoms with van der Waals surface area (Å²) in [5.41, 5.74) is 0.793. The van der Waals surface area contributed by atoms with Gasteiger partial charge in [0.2, 0.25) is 0 Å². The Balaban J connectivity index is 1.92. The van der Waals surface area contributed by atoms with Crippen molar-refractivity contribution in [3.8, 4) is 0 Å². The lowest BCUT2D eigenvalue weighted by Gasteiger charge is -2.19. The van der Waals surface area contributed by atoms with Crippen molar-refractivity contribution in [2.75, 3.05) is 12.8 Å². The molecule has 114 valence electrons. The number of thioether (sulfide) groups is 1. The smallest absolute Gasteiger partial charge is 0.315 e. The molecule has 5 nitrogen and oxygen atoms in total. The van der Waals surface area contributed by atoms with Crippen molar-refractivity contribution in [2.24, 2.45) is 0 Å². The lowest BCUT2D eigenvalue weighted by molar-refractivity contribution is -0.137. The van der Waals surface area contributed by atoms with Crippen molar-refractivity contribution in [2.45, 2.75) is 30.1 Å². The Labute approximate surface area is 128 Å². The molecule has 0 heterocycles. The van der Waals surface area contributed by atoms with E-state index in [2.05, 4.69) is 10.6 Å². The van der Waals surface area contributed by atoms with Gasteiger partial charge in [-0.1, -0.05) is 30.3 Å². The van der Waals surface area contributed by atoms with Crippen LogP contribution in [0.1, 0.15) is 30.9 Å². The predicted molar refractivity (Wildman–Crippen MR) is 83.5 cm³/mol. The fraction of sp³-hybridized carbons (Fsp3) is 0.467. The highest BCUT2D eigenvalue weighted by atomic mass is 32.2. The van der Waals surface area contributed by atoms with Gasteiger partial charge in [-0.3, -0.25) is 4.79 Å². The van der Waals surface area contributed by atoms with Crippen LogP contribution in [-0.2, 0) is 4.79 Å². The van der Waals surface area contributed by atoms with Crippen molar-refractivity contribution < 1.29 is 14.7 Å². The van der Waals surface area contributed by atoms with Crippen LogP contribution in [0.25, 0.3) is 0 Å². The number of carboxylic acids is 1. The summed E-state index contributed by atoms with van der Waals surface area (Å²) in [5.74, 6) is -0.938. The molecule has 1 unspecified atom stereocenters. The molecule has 1 aliphatic carbocycles. The molecule has 1 aromatic carbocycles. The number of carbonyl (C=O) groups excluding carboxylic acids is 1. The lowest BCUT2D eigenvalue weighted by atomic mass is 10.0. The van der Waals surface area contributed by atoms with Gasteiger partial charge in [0.1, 0.15) is 0 Å². The van der Waals surface area contributed by atoms with Crippen LogP contribution in [0.2, 0.25) is 0 Å². The van der Waals surface area contributed by atoms with Gasteiger partial charge in [-0.05, 0) is 24.7 Å². The Morgan fingerprint density at radius 1 is 1.33 bits per heavy atom. The number of carbonyl (C=O) groups is 2. The van der Waals surface area contributed by atoms with E-state index in [9.17, 15) is 9.59 Å². The predicted octanol–water partition coefficient (Wildman–Crippen LogP) is 2.40. The van der Waals surface area contributed by atoms with E-state index in [0.29, 0.717) is 6.54 Å². The van der Waals surface area contributed by atoms with E-state index in [1.54, 1.807) is 11.8 Å². The summed E-state index contributed by atoms with van der Waals surface area (Å²) in [6.07, 6.45) is 4.15. The van der Waals surface area contributed by atoms with Gasteiger partial charge in [0.05, 0.1) is 12.5 Å². The minimum Gasteiger partial charge on any atom is -0.481 e. The summed E-state index contributed by atoms with van der Waals surface area (Å²) < 4.78 is 0.187. The number of amides is 2. The van der Waals surface area contributed by atoms with Crippen molar-refractivity contribution in [3.05, 3.63) is 35.9 Å². The fourth-order valence-electron chi connectivity index (χ4n) is 2.16. The van der Waals surface area contributed by atoms with Gasteiger partial charge in [-0.15, -0.1) is 0 Å². The van der Waals surface area contributed by atoms with E-state index in [-0.39, 0.29) is 17.2 Å². The highest BCUT2D eigenvalue weighted by Gasteiger charge is 2.42. The molecule has 1 aliphatic rings. The molecular weight excluding hydrogens is 288 g/mol. The first-order chi connectivity index (χ1) is 10.0. The zero-order chi connectivity index (χ0) is 15.3. The highest BCUT2D eigenvalue weighted by Crippen LogP contribution is 2.46. The minimum absolute atomic E-state index is 0.134. The van der Waals surface area contributed by atoms with E-state index in [1.807, 2.05) is 36.6 Å². The van der Waals surface area contributed by atoms with Crippen molar-refractivity contribution in [1.82, 2.24) is 10.6 Å². The maximum atomic E-state index is 12.0. The zero-order valence-electron chi connectivity index (χ0n) is 12.0. The Morgan fingerprint density at radius 3 is 2.52 bits per heavy atom. The molecule has 0 spiro atoms. The molecule has 0 aliphatic heterocycles. The molecule has 1 saturated carbocycles. The summed E-state index contributed by atoms with van der Waals surface area (Å²) in [6.45, 7) is 0.620. The van der Waals surface area contributed by atoms with Gasteiger partial charge in [0.25, 0.3) is 0 Å². The van der Waals surface area contributed by atoms with Gasteiger partial charge in [-0.2, -0.15) is 11.8 Å². The average molecular weight is 308 g/mol. The van der Waals surface area contributed by atoms with Crippen LogP contribution >= 0.6 is 11.8 Å². The van der Waals surface area contributed by atoms with E-state index in [1.165, 1.54) is 0 Å². The molecule has 0 aromatic heterocycles. The molecule has 6 heteroatoms. The summed E-state index contributed by atoms with van der Waals surface area (Å²) in [5, 5.41) is 14.6. The Kier molecular flexibility index (Phi) is 5.12. The molecule has 0 saturated heterocycles. The standard InChI is InChI=1S/C15H20N2O3S/c1-21-15(7-8-15)10-16-14(20)17-12(9-13(18)19)11-5-3-2-4-6-11/h2-6,12H,7-10H2,1H3,(H,18,19)(H2,16,17,20). The zero-order valence-corrected chi connectivity index (χ0v) is 12.8. The van der Waals surface area contributed by atoms with Crippen LogP contribution in [0.5, 0.6) is 0 Å². The normalized spacial score (nSPS) is 16.8. The third-order valence-electron chi connectivity index (χ3n) is 3.70. The SMILES string of the molecule is CSC1(CNC(=O)NC(CC(=O)O)c2ccccc2)CC1. The first kappa shape index (κ1) is 15.7. The topological polar surface area (TPSA) is 78.4 Å². The third-order valence-corrected chi connectivity index (χ3v) is 5.12. The van der Waals surface area contributed by atoms with Gasteiger partial charge >= 0.3 is 12.0 Å². The molecule has 0 radical (unpaired) electrons. The van der Waals surface area contributed by atoms with Crippen molar-refractivity contribution in [3.63, 3.8) is 0 Å². The molecule has 1 fully saturated rings. The second kappa shape index (κ2) is 6.85. The maximum absolute atomic E-state index is 12.0. The molecule has 21 heavy (non-hydrogen) atoms. The number of aliphatic carboxylic acids is 1. The van der Waals surface area contributed by atoms with E-state index in [0.717, 1.165) is 18.4 Å². The molecule has 3 N–H and O–H groups in total. The Bertz CT molecular complexity index is 503. The summed E-state index contributed by atoms with van der Waals surface area (Å²) in [7, 11) is 0. The van der Waals surface area contributed by atoms with E-state index >= 15 is 0 Å². The molecule has 0 bridgehead atoms. The first-order valence-corrected chi connectivity index (χ1v) is 8.13. The third kappa shape index (κ3) is 4.67. The van der Waals surface area contributed by atoms with E-state index < -0.39 is 12.0 Å². The number of urea groups is 1. The summed E-state index contributed by atoms with van der Waals surface area (Å²) in [4.78, 5) is 22.9. The highest BCUT2D eigenvalue weighted by molar-refractivity contribution is 8.00. The van der Waals surface area contributed by atoms with Crippen LogP contribution in [0.4, 0.5) is 4.79 Å². The van der Waals surface area contributed by atoms with Gasteiger partial charge in [0, 0.05) is 11.3 Å². The Hall–Kier alpha value is -1.69. The number of hydrogen-bond acceptors (Lipinski definition) is 3. The average Bonchev–Trinajstić information content (AvgIpc) is 3.26. The number of carboxylic acid groups (broad SMARTS) is 1. The lowest BCUT2D eigenvalue weighted by Crippen LogP contribution is -2.41. The van der Waals surface area contributed by atoms with Crippen LogP contribution in [0, 0.1) is 0 Å². The van der Waals surface area contributed by atoms with Crippen LogP contribution in [0.3, 0.4) is 0 Å². The fourth-order valence-corrected chi connectivity index (χ4v) is 2.88. The van der Waals surface area contributed by atoms with Gasteiger partial charge in [-0.25, -0.2) is 4.79 Å². The number of hydrogen-bond donors (Lipinski definition) is 3. The summed E-state index contributed by atoms with van der Waals surface area (Å²) in [6, 6.07) is 8.32. The maximum Gasteiger partial charge on any atom is 0.315 e. The molecule has 1 aromatic rings. The quantitative estimate of drug-likeness (QED) is 0.723. The van der Waals surface area contributed by atoms with Gasteiger partial charge in [0.15, 0.2) is 0 Å².